The number of ether oxygens (including phenoxy) is 1. The highest BCUT2D eigenvalue weighted by atomic mass is 32.2. The zero-order chi connectivity index (χ0) is 20.2. The first-order valence-electron chi connectivity index (χ1n) is 8.10. The molecule has 1 aromatic rings. The fourth-order valence-corrected chi connectivity index (χ4v) is 2.78. The van der Waals surface area contributed by atoms with Crippen LogP contribution in [0.3, 0.4) is 0 Å². The highest BCUT2D eigenvalue weighted by Crippen LogP contribution is 2.32. The minimum Gasteiger partial charge on any atom is -0.598 e. The number of rotatable bonds is 6. The summed E-state index contributed by atoms with van der Waals surface area (Å²) in [7, 11) is 0. The summed E-state index contributed by atoms with van der Waals surface area (Å²) in [5, 5.41) is 2.31. The zero-order valence-electron chi connectivity index (χ0n) is 15.7. The monoisotopic (exact) mass is 394 g/mol. The Balaban J connectivity index is 3.18. The molecule has 1 unspecified atom stereocenters. The van der Waals surface area contributed by atoms with Crippen LogP contribution in [0.1, 0.15) is 65.1 Å². The van der Waals surface area contributed by atoms with E-state index in [1.54, 1.807) is 34.6 Å². The Labute approximate surface area is 155 Å². The molecule has 0 spiro atoms. The van der Waals surface area contributed by atoms with E-state index in [0.717, 1.165) is 6.07 Å². The SMILES string of the molecule is CC(C)OC(=O)Nc1cc(C(F)F)c(F)c([C@@H](C)N[S+]([O-])C(C)(C)C)c1. The molecule has 1 aromatic carbocycles. The van der Waals surface area contributed by atoms with E-state index >= 15 is 0 Å². The van der Waals surface area contributed by atoms with Crippen LogP contribution in [-0.2, 0) is 16.1 Å². The van der Waals surface area contributed by atoms with E-state index in [4.69, 9.17) is 4.74 Å². The quantitative estimate of drug-likeness (QED) is 0.678. The number of anilines is 1. The van der Waals surface area contributed by atoms with E-state index in [9.17, 15) is 22.5 Å². The van der Waals surface area contributed by atoms with Crippen LogP contribution in [0.2, 0.25) is 0 Å². The summed E-state index contributed by atoms with van der Waals surface area (Å²) in [6, 6.07) is 1.26. The van der Waals surface area contributed by atoms with Gasteiger partial charge in [-0.3, -0.25) is 5.32 Å². The molecule has 0 aliphatic rings. The maximum atomic E-state index is 14.5. The lowest BCUT2D eigenvalue weighted by atomic mass is 10.0. The van der Waals surface area contributed by atoms with Crippen molar-refractivity contribution >= 4 is 23.1 Å². The third-order valence-electron chi connectivity index (χ3n) is 3.26. The van der Waals surface area contributed by atoms with Gasteiger partial charge in [-0.05, 0) is 53.7 Å². The van der Waals surface area contributed by atoms with Gasteiger partial charge in [-0.2, -0.15) is 0 Å². The van der Waals surface area contributed by atoms with Crippen LogP contribution >= 0.6 is 0 Å². The number of carbonyl (C=O) groups excluding carboxylic acids is 1. The molecule has 148 valence electrons. The van der Waals surface area contributed by atoms with Crippen molar-refractivity contribution in [2.45, 2.75) is 64.9 Å². The summed E-state index contributed by atoms with van der Waals surface area (Å²) in [6.07, 6.45) is -4.31. The summed E-state index contributed by atoms with van der Waals surface area (Å²) in [6.45, 7) is 9.95. The summed E-state index contributed by atoms with van der Waals surface area (Å²) in [4.78, 5) is 11.7. The molecule has 0 bridgehead atoms. The Morgan fingerprint density at radius 2 is 1.73 bits per heavy atom. The van der Waals surface area contributed by atoms with Crippen LogP contribution in [0.5, 0.6) is 0 Å². The van der Waals surface area contributed by atoms with Crippen LogP contribution in [-0.4, -0.2) is 21.5 Å². The van der Waals surface area contributed by atoms with E-state index in [-0.39, 0.29) is 11.3 Å². The molecule has 0 fully saturated rings. The van der Waals surface area contributed by atoms with Crippen molar-refractivity contribution in [3.8, 4) is 0 Å². The first kappa shape index (κ1) is 22.6. The maximum Gasteiger partial charge on any atom is 0.411 e. The molecule has 0 heterocycles. The molecule has 1 amide bonds. The van der Waals surface area contributed by atoms with Gasteiger partial charge in [0.25, 0.3) is 6.43 Å². The van der Waals surface area contributed by atoms with Crippen molar-refractivity contribution < 1.29 is 27.3 Å². The minimum atomic E-state index is -3.07. The molecule has 0 aliphatic carbocycles. The molecule has 2 N–H and O–H groups in total. The van der Waals surface area contributed by atoms with Crippen LogP contribution in [0, 0.1) is 5.82 Å². The molecule has 26 heavy (non-hydrogen) atoms. The van der Waals surface area contributed by atoms with Gasteiger partial charge in [0, 0.05) is 22.6 Å². The number of benzene rings is 1. The molecule has 0 saturated heterocycles. The predicted molar refractivity (Wildman–Crippen MR) is 96.0 cm³/mol. The number of halogens is 3. The second-order valence-electron chi connectivity index (χ2n) is 7.07. The average Bonchev–Trinajstić information content (AvgIpc) is 2.46. The summed E-state index contributed by atoms with van der Waals surface area (Å²) >= 11 is -1.53. The maximum absolute atomic E-state index is 14.5. The zero-order valence-corrected chi connectivity index (χ0v) is 16.5. The fraction of sp³-hybridized carbons (Fsp3) is 0.588. The Morgan fingerprint density at radius 3 is 2.19 bits per heavy atom. The van der Waals surface area contributed by atoms with Gasteiger partial charge in [0.1, 0.15) is 10.6 Å². The van der Waals surface area contributed by atoms with Crippen molar-refractivity contribution in [3.05, 3.63) is 29.1 Å². The van der Waals surface area contributed by atoms with Gasteiger partial charge in [-0.25, -0.2) is 18.0 Å². The molecular weight excluding hydrogens is 369 g/mol. The van der Waals surface area contributed by atoms with Gasteiger partial charge in [0.15, 0.2) is 0 Å². The van der Waals surface area contributed by atoms with E-state index in [1.165, 1.54) is 13.0 Å². The lowest BCUT2D eigenvalue weighted by molar-refractivity contribution is 0.129. The lowest BCUT2D eigenvalue weighted by Crippen LogP contribution is -2.40. The van der Waals surface area contributed by atoms with Crippen molar-refractivity contribution in [2.75, 3.05) is 5.32 Å². The topological polar surface area (TPSA) is 73.4 Å². The molecule has 5 nitrogen and oxygen atoms in total. The van der Waals surface area contributed by atoms with E-state index < -0.39 is 52.2 Å². The van der Waals surface area contributed by atoms with Gasteiger partial charge in [-0.1, -0.05) is 0 Å². The first-order chi connectivity index (χ1) is 11.8. The van der Waals surface area contributed by atoms with E-state index in [2.05, 4.69) is 10.0 Å². The van der Waals surface area contributed by atoms with Crippen molar-refractivity contribution in [1.82, 2.24) is 4.72 Å². The Kier molecular flexibility index (Phi) is 7.79. The number of hydrogen-bond acceptors (Lipinski definition) is 4. The summed E-state index contributed by atoms with van der Waals surface area (Å²) in [5.74, 6) is -1.10. The van der Waals surface area contributed by atoms with Crippen LogP contribution in [0.25, 0.3) is 0 Å². The Morgan fingerprint density at radius 1 is 1.19 bits per heavy atom. The van der Waals surface area contributed by atoms with Gasteiger partial charge >= 0.3 is 6.09 Å². The number of carbonyl (C=O) groups is 1. The van der Waals surface area contributed by atoms with Gasteiger partial charge in [0.2, 0.25) is 0 Å². The molecule has 1 rings (SSSR count). The fourth-order valence-electron chi connectivity index (χ4n) is 1.98. The smallest absolute Gasteiger partial charge is 0.411 e. The molecule has 0 aromatic heterocycles. The standard InChI is InChI=1S/C17H25F3N2O3S/c1-9(2)25-16(23)21-11-7-12(14(18)13(8-11)15(19)20)10(3)22-26(24)17(4,5)6/h7-10,15,22H,1-6H3,(H,21,23)/t10-,26?/m1/s1. The van der Waals surface area contributed by atoms with Crippen LogP contribution < -0.4 is 10.0 Å². The Hall–Kier alpha value is -1.45. The van der Waals surface area contributed by atoms with Crippen molar-refractivity contribution in [3.63, 3.8) is 0 Å². The molecule has 0 saturated carbocycles. The predicted octanol–water partition coefficient (Wildman–Crippen LogP) is 4.83. The normalized spacial score (nSPS) is 14.5. The third-order valence-corrected chi connectivity index (χ3v) is 4.94. The number of hydrogen-bond donors (Lipinski definition) is 2. The second kappa shape index (κ2) is 8.96. The van der Waals surface area contributed by atoms with Gasteiger partial charge < -0.3 is 9.29 Å². The molecule has 2 atom stereocenters. The van der Waals surface area contributed by atoms with Crippen molar-refractivity contribution in [1.29, 1.82) is 0 Å². The third kappa shape index (κ3) is 6.37. The average molecular weight is 394 g/mol. The second-order valence-corrected chi connectivity index (χ2v) is 9.07. The van der Waals surface area contributed by atoms with Crippen LogP contribution in [0.4, 0.5) is 23.7 Å². The Bertz CT molecular complexity index is 636. The van der Waals surface area contributed by atoms with Crippen molar-refractivity contribution in [2.24, 2.45) is 0 Å². The summed E-state index contributed by atoms with van der Waals surface area (Å²) < 4.78 is 60.0. The van der Waals surface area contributed by atoms with E-state index in [1.807, 2.05) is 0 Å². The minimum absolute atomic E-state index is 0.0301. The number of nitrogens with one attached hydrogen (secondary N) is 2. The largest absolute Gasteiger partial charge is 0.598 e. The van der Waals surface area contributed by atoms with Crippen LogP contribution in [0.15, 0.2) is 12.1 Å². The first-order valence-corrected chi connectivity index (χ1v) is 9.25. The summed E-state index contributed by atoms with van der Waals surface area (Å²) in [5.41, 5.74) is -1.00. The molecule has 9 heteroatoms. The van der Waals surface area contributed by atoms with E-state index in [0.29, 0.717) is 0 Å². The number of amides is 1. The highest BCUT2D eigenvalue weighted by molar-refractivity contribution is 7.90. The van der Waals surface area contributed by atoms with Gasteiger partial charge in [0.05, 0.1) is 17.7 Å². The molecule has 0 aliphatic heterocycles. The van der Waals surface area contributed by atoms with Gasteiger partial charge in [-0.15, -0.1) is 4.72 Å². The molecular formula is C17H25F3N2O3S. The molecule has 0 radical (unpaired) electrons. The lowest BCUT2D eigenvalue weighted by Gasteiger charge is -2.27. The highest BCUT2D eigenvalue weighted by Gasteiger charge is 2.30. The number of alkyl halides is 2.